The number of imidazole rings is 1. The van der Waals surface area contributed by atoms with E-state index in [0.717, 1.165) is 94.6 Å². The number of fused-ring (bicyclic) bond motifs is 3. The van der Waals surface area contributed by atoms with Crippen LogP contribution in [0.1, 0.15) is 70.8 Å². The van der Waals surface area contributed by atoms with Crippen molar-refractivity contribution in [1.82, 2.24) is 34.1 Å². The highest BCUT2D eigenvalue weighted by Gasteiger charge is 2.31. The molecule has 1 aliphatic heterocycles. The number of hydrogen-bond donors (Lipinski definition) is 1. The minimum atomic E-state index is -0.651. The number of nitrogens with one attached hydrogen (secondary N) is 1. The summed E-state index contributed by atoms with van der Waals surface area (Å²) in [7, 11) is 5.41. The topological polar surface area (TPSA) is 146 Å². The van der Waals surface area contributed by atoms with Gasteiger partial charge < -0.3 is 33.4 Å². The second kappa shape index (κ2) is 20.5. The molecule has 0 radical (unpaired) electrons. The second-order valence-corrected chi connectivity index (χ2v) is 18.1. The van der Waals surface area contributed by atoms with Gasteiger partial charge in [-0.3, -0.25) is 14.4 Å². The van der Waals surface area contributed by atoms with Gasteiger partial charge in [0.2, 0.25) is 0 Å². The van der Waals surface area contributed by atoms with Gasteiger partial charge in [-0.05, 0) is 96.6 Å². The highest BCUT2D eigenvalue weighted by atomic mass is 35.5. The molecule has 4 heterocycles. The van der Waals surface area contributed by atoms with Crippen LogP contribution in [0.4, 0.5) is 0 Å². The summed E-state index contributed by atoms with van der Waals surface area (Å²) in [4.78, 5) is 48.5. The molecule has 3 aromatic heterocycles. The molecule has 0 amide bonds. The Labute approximate surface area is 390 Å². The maximum Gasteiger partial charge on any atom is 0.355 e. The average Bonchev–Trinajstić information content (AvgIpc) is 3.91. The lowest BCUT2D eigenvalue weighted by atomic mass is 9.98. The summed E-state index contributed by atoms with van der Waals surface area (Å²) >= 11 is 7.12. The number of carbonyl (C=O) groups excluding carboxylic acids is 3. The number of aryl methyl sites for hydroxylation is 4. The van der Waals surface area contributed by atoms with E-state index in [1.165, 1.54) is 7.11 Å². The Kier molecular flexibility index (Phi) is 14.8. The molecule has 8 rings (SSSR count). The smallest absolute Gasteiger partial charge is 0.355 e. The molecule has 0 bridgehead atoms. The minimum absolute atomic E-state index is 0.126. The summed E-state index contributed by atoms with van der Waals surface area (Å²) in [5, 5.41) is 8.64. The Morgan fingerprint density at radius 1 is 0.848 bits per heavy atom. The third-order valence-corrected chi connectivity index (χ3v) is 12.2. The number of hydrogen-bond acceptors (Lipinski definition) is 11. The highest BCUT2D eigenvalue weighted by molar-refractivity contribution is 6.35. The van der Waals surface area contributed by atoms with E-state index in [0.29, 0.717) is 53.4 Å². The Bertz CT molecular complexity index is 2880. The maximum atomic E-state index is 14.3. The third kappa shape index (κ3) is 10.4. The summed E-state index contributed by atoms with van der Waals surface area (Å²) in [6.07, 6.45) is 1.98. The zero-order valence-corrected chi connectivity index (χ0v) is 40.2. The zero-order chi connectivity index (χ0) is 47.3. The molecule has 348 valence electrons. The summed E-state index contributed by atoms with van der Waals surface area (Å²) in [5.74, 6) is 0.971. The number of esters is 2. The number of halogens is 1. The van der Waals surface area contributed by atoms with E-state index in [-0.39, 0.29) is 23.9 Å². The molecule has 1 saturated heterocycles. The van der Waals surface area contributed by atoms with Gasteiger partial charge in [-0.1, -0.05) is 54.1 Å². The first-order valence-electron chi connectivity index (χ1n) is 22.3. The van der Waals surface area contributed by atoms with E-state index in [1.807, 2.05) is 69.8 Å². The van der Waals surface area contributed by atoms with Crippen LogP contribution in [0.3, 0.4) is 0 Å². The van der Waals surface area contributed by atoms with Gasteiger partial charge in [-0.15, -0.1) is 0 Å². The molecule has 0 atom stereocenters. The second-order valence-electron chi connectivity index (χ2n) is 17.7. The van der Waals surface area contributed by atoms with Crippen LogP contribution < -0.4 is 9.47 Å². The average molecular weight is 919 g/mol. The number of nitrogens with zero attached hydrogens (tertiary/aromatic N) is 6. The number of ether oxygens (including phenoxy) is 4. The molecular weight excluding hydrogens is 858 g/mol. The van der Waals surface area contributed by atoms with Crippen LogP contribution in [0.2, 0.25) is 5.02 Å². The number of piperazine rings is 1. The third-order valence-electron chi connectivity index (χ3n) is 11.9. The lowest BCUT2D eigenvalue weighted by molar-refractivity contribution is -0.109. The van der Waals surface area contributed by atoms with Crippen molar-refractivity contribution in [3.8, 4) is 22.6 Å². The first kappa shape index (κ1) is 47.7. The van der Waals surface area contributed by atoms with Crippen LogP contribution >= 0.6 is 11.6 Å². The van der Waals surface area contributed by atoms with Crippen molar-refractivity contribution in [2.45, 2.75) is 66.5 Å². The van der Waals surface area contributed by atoms with Crippen LogP contribution in [0.25, 0.3) is 43.8 Å². The van der Waals surface area contributed by atoms with Crippen molar-refractivity contribution in [3.05, 3.63) is 106 Å². The van der Waals surface area contributed by atoms with Crippen LogP contribution in [0.15, 0.2) is 66.7 Å². The number of aromatic amines is 1. The molecule has 14 nitrogen and oxygen atoms in total. The van der Waals surface area contributed by atoms with Gasteiger partial charge in [0.15, 0.2) is 6.29 Å². The quantitative estimate of drug-likeness (QED) is 0.0634. The molecule has 1 aliphatic rings. The Balaban J connectivity index is 0.000000301. The highest BCUT2D eigenvalue weighted by Crippen LogP contribution is 2.42. The number of aldehydes is 1. The van der Waals surface area contributed by atoms with Gasteiger partial charge in [-0.2, -0.15) is 5.10 Å². The standard InChI is InChI=1S/C39H48ClN5O3.C12H12N2O4/c1-26-34(27(2)43(7)41-26)35-32(40)18-17-31-30(15-11-25-47-33-16-10-13-28-12-8-9-14-29(28)33)37(38(46)48-39(3,4)5)45(36(31)35)24-23-44-21-19-42(6)20-22-44;1-7-13-8-3-4-9(18-6-5-15)10(11(8)14-7)12(16)17-2/h8-10,12-14,16-18H,11,15,19-25H2,1-7H3;3-5H,6H2,1-2H3,(H,13,14). The molecule has 1 N–H and O–H groups in total. The fraction of sp³-hybridized carbons (Fsp3) is 0.392. The van der Waals surface area contributed by atoms with E-state index in [4.69, 9.17) is 35.6 Å². The van der Waals surface area contributed by atoms with Crippen LogP contribution in [0, 0.1) is 20.8 Å². The molecule has 15 heteroatoms. The molecular formula is C51H60ClN7O7. The van der Waals surface area contributed by atoms with Crippen molar-refractivity contribution in [2.75, 3.05) is 60.1 Å². The fourth-order valence-electron chi connectivity index (χ4n) is 8.69. The lowest BCUT2D eigenvalue weighted by Gasteiger charge is -2.32. The largest absolute Gasteiger partial charge is 0.493 e. The van der Waals surface area contributed by atoms with Crippen LogP contribution in [-0.2, 0) is 34.3 Å². The molecule has 4 aromatic carbocycles. The van der Waals surface area contributed by atoms with E-state index in [9.17, 15) is 14.4 Å². The lowest BCUT2D eigenvalue weighted by Crippen LogP contribution is -2.45. The molecule has 0 unspecified atom stereocenters. The number of likely N-dealkylation sites (N-methyl/N-ethyl adjacent to an activating group) is 1. The Morgan fingerprint density at radius 3 is 2.29 bits per heavy atom. The van der Waals surface area contributed by atoms with Crippen molar-refractivity contribution >= 4 is 62.5 Å². The van der Waals surface area contributed by atoms with Crippen molar-refractivity contribution in [3.63, 3.8) is 0 Å². The van der Waals surface area contributed by atoms with Crippen molar-refractivity contribution < 1.29 is 33.3 Å². The van der Waals surface area contributed by atoms with Gasteiger partial charge in [-0.25, -0.2) is 14.6 Å². The fourth-order valence-corrected chi connectivity index (χ4v) is 8.94. The number of H-pyrrole nitrogens is 1. The number of aromatic nitrogens is 5. The Morgan fingerprint density at radius 2 is 1.59 bits per heavy atom. The normalized spacial score (nSPS) is 13.5. The predicted octanol–water partition coefficient (Wildman–Crippen LogP) is 8.92. The van der Waals surface area contributed by atoms with Crippen LogP contribution in [0.5, 0.6) is 11.5 Å². The SMILES string of the molecule is COC(=O)c1c(OCC=O)ccc2[nH]c(C)nc12.Cc1nn(C)c(C)c1-c1c(Cl)ccc2c(CCCOc3cccc4ccccc34)c(C(=O)OC(C)(C)C)n(CCN3CCN(C)CC3)c12. The number of rotatable bonds is 14. The number of carbonyl (C=O) groups is 3. The molecule has 1 fully saturated rings. The summed E-state index contributed by atoms with van der Waals surface area (Å²) in [6.45, 7) is 17.5. The molecule has 66 heavy (non-hydrogen) atoms. The summed E-state index contributed by atoms with van der Waals surface area (Å²) in [6, 6.07) is 21.8. The predicted molar refractivity (Wildman–Crippen MR) is 259 cm³/mol. The first-order chi connectivity index (χ1) is 31.6. The Hall–Kier alpha value is -6.22. The van der Waals surface area contributed by atoms with Gasteiger partial charge in [0.1, 0.15) is 46.3 Å². The molecule has 0 saturated carbocycles. The van der Waals surface area contributed by atoms with Gasteiger partial charge >= 0.3 is 11.9 Å². The van der Waals surface area contributed by atoms with E-state index in [1.54, 1.807) is 19.1 Å². The summed E-state index contributed by atoms with van der Waals surface area (Å²) in [5.41, 5.74) is 7.14. The van der Waals surface area contributed by atoms with Crippen molar-refractivity contribution in [1.29, 1.82) is 0 Å². The minimum Gasteiger partial charge on any atom is -0.493 e. The number of benzene rings is 4. The summed E-state index contributed by atoms with van der Waals surface area (Å²) < 4.78 is 26.5. The number of methoxy groups -OCH3 is 1. The van der Waals surface area contributed by atoms with E-state index < -0.39 is 11.6 Å². The molecule has 0 aliphatic carbocycles. The van der Waals surface area contributed by atoms with Crippen molar-refractivity contribution in [2.24, 2.45) is 7.05 Å². The molecule has 7 aromatic rings. The van der Waals surface area contributed by atoms with E-state index >= 15 is 0 Å². The first-order valence-corrected chi connectivity index (χ1v) is 22.7. The zero-order valence-electron chi connectivity index (χ0n) is 39.4. The van der Waals surface area contributed by atoms with Gasteiger partial charge in [0.25, 0.3) is 0 Å². The van der Waals surface area contributed by atoms with E-state index in [2.05, 4.69) is 62.6 Å². The maximum absolute atomic E-state index is 14.3. The van der Waals surface area contributed by atoms with Crippen LogP contribution in [-0.4, -0.2) is 118 Å². The van der Waals surface area contributed by atoms with Gasteiger partial charge in [0, 0.05) is 73.9 Å². The van der Waals surface area contributed by atoms with Gasteiger partial charge in [0.05, 0.1) is 35.5 Å². The monoisotopic (exact) mass is 917 g/mol. The molecule has 0 spiro atoms.